The number of hydrogen-bond donors (Lipinski definition) is 2. The summed E-state index contributed by atoms with van der Waals surface area (Å²) in [7, 11) is 0. The zero-order chi connectivity index (χ0) is 61.7. The average Bonchev–Trinajstić information content (AvgIpc) is 0.757. The summed E-state index contributed by atoms with van der Waals surface area (Å²) < 4.78 is 0. The minimum absolute atomic E-state index is 0.0412. The van der Waals surface area contributed by atoms with Crippen LogP contribution in [0.4, 0.5) is 34.1 Å². The van der Waals surface area contributed by atoms with Gasteiger partial charge in [0.05, 0.1) is 16.8 Å². The Morgan fingerprint density at radius 2 is 0.571 bits per heavy atom. The predicted octanol–water partition coefficient (Wildman–Crippen LogP) is 22.9. The fraction of sp³-hybridized carbons (Fsp3) is 0.410. The molecule has 6 heteroatoms. The number of benzene rings is 9. The second-order valence-corrected chi connectivity index (χ2v) is 32.1. The molecule has 0 aliphatic carbocycles. The Kier molecular flexibility index (Phi) is 15.6. The van der Waals surface area contributed by atoms with Crippen LogP contribution in [0.15, 0.2) is 146 Å². The summed E-state index contributed by atoms with van der Waals surface area (Å²) >= 11 is 0. The zero-order valence-corrected chi connectivity index (χ0v) is 54.3. The third-order valence-corrected chi connectivity index (χ3v) is 17.3. The van der Waals surface area contributed by atoms with Gasteiger partial charge < -0.3 is 20.0 Å². The lowest BCUT2D eigenvalue weighted by atomic mass is 9.72. The second-order valence-electron chi connectivity index (χ2n) is 32.1. The van der Waals surface area contributed by atoms with Crippen LogP contribution in [0.3, 0.4) is 0 Å². The number of aromatic carboxylic acids is 2. The molecule has 9 rings (SSSR count). The molecule has 0 saturated heterocycles. The van der Waals surface area contributed by atoms with Gasteiger partial charge in [0, 0.05) is 39.2 Å². The first-order chi connectivity index (χ1) is 38.7. The van der Waals surface area contributed by atoms with E-state index < -0.39 is 11.9 Å². The fourth-order valence-corrected chi connectivity index (χ4v) is 15.3. The van der Waals surface area contributed by atoms with Gasteiger partial charge in [0.25, 0.3) is 0 Å². The van der Waals surface area contributed by atoms with Gasteiger partial charge in [0.1, 0.15) is 0 Å². The van der Waals surface area contributed by atoms with E-state index in [2.05, 4.69) is 270 Å². The van der Waals surface area contributed by atoms with Crippen molar-refractivity contribution in [3.05, 3.63) is 179 Å². The Morgan fingerprint density at radius 1 is 0.298 bits per heavy atom. The maximum Gasteiger partial charge on any atom is 0.336 e. The molecule has 0 amide bonds. The van der Waals surface area contributed by atoms with E-state index in [1.165, 1.54) is 22.3 Å². The Balaban J connectivity index is 1.40. The molecule has 0 spiro atoms. The quantitative estimate of drug-likeness (QED) is 0.0741. The van der Waals surface area contributed by atoms with Crippen LogP contribution in [0.5, 0.6) is 0 Å². The van der Waals surface area contributed by atoms with Gasteiger partial charge in [-0.2, -0.15) is 0 Å². The molecular weight excluding hydrogens is 1030 g/mol. The Bertz CT molecular complexity index is 3740. The smallest absolute Gasteiger partial charge is 0.336 e. The van der Waals surface area contributed by atoms with Gasteiger partial charge >= 0.3 is 11.9 Å². The zero-order valence-electron chi connectivity index (χ0n) is 54.3. The van der Waals surface area contributed by atoms with Crippen LogP contribution >= 0.6 is 0 Å². The van der Waals surface area contributed by atoms with Crippen molar-refractivity contribution < 1.29 is 19.8 Å². The van der Waals surface area contributed by atoms with E-state index in [1.54, 1.807) is 12.1 Å². The van der Waals surface area contributed by atoms with Gasteiger partial charge in [0.2, 0.25) is 0 Å². The number of fused-ring (bicyclic) bond motifs is 2. The largest absolute Gasteiger partial charge is 0.478 e. The third kappa shape index (κ3) is 12.6. The molecule has 2 N–H and O–H groups in total. The van der Waals surface area contributed by atoms with E-state index in [0.717, 1.165) is 92.1 Å². The molecular formula is C78H94N2O4. The molecule has 0 radical (unpaired) electrons. The standard InChI is InChI=1S/C78H94N2O4/c1-71(2,3)45-75(13,14)49-21-29-53(30-22-49)79(54-31-23-50(24-32-54)76(15,16)46-72(4,5)6)57-43-63-60-38-40-62(70(83)84)68-61(69(81)82)39-37-59(67(60)68)58-41-42-65(64(44-57)66(58)63)80(55-33-25-51(26-34-55)77(17,18)47-73(7,8)9)56-35-27-52(28-36-56)78(19,20)48-74(10,11)12/h21-44H,45-48H2,1-20H3,(H,81,82)(H,83,84). The molecule has 0 aliphatic rings. The molecule has 9 aromatic carbocycles. The lowest BCUT2D eigenvalue weighted by Gasteiger charge is -2.35. The summed E-state index contributed by atoms with van der Waals surface area (Å²) in [6.45, 7) is 46.5. The highest BCUT2D eigenvalue weighted by Gasteiger charge is 2.33. The first-order valence-electron chi connectivity index (χ1n) is 30.4. The van der Waals surface area contributed by atoms with Crippen LogP contribution in [0, 0.1) is 21.7 Å². The number of nitrogens with zero attached hydrogens (tertiary/aromatic N) is 2. The first kappa shape index (κ1) is 61.4. The SMILES string of the molecule is CC(C)(C)CC(C)(C)c1ccc(N(c2ccc(C(C)(C)CC(C)(C)C)cc2)c2cc3c(N(c4ccc(C(C)(C)CC(C)(C)C)cc4)c4ccc(C(C)(C)CC(C)(C)C)cc4)ccc4c5ccc(C(=O)O)c6c(C(=O)O)ccc(c(c2)c34)c65)cc1. The van der Waals surface area contributed by atoms with Gasteiger partial charge in [0.15, 0.2) is 0 Å². The van der Waals surface area contributed by atoms with Crippen molar-refractivity contribution in [3.8, 4) is 0 Å². The molecule has 0 aliphatic heterocycles. The van der Waals surface area contributed by atoms with Gasteiger partial charge in [-0.1, -0.05) is 205 Å². The van der Waals surface area contributed by atoms with Crippen LogP contribution < -0.4 is 9.80 Å². The number of carboxylic acids is 2. The number of carboxylic acid groups (broad SMARTS) is 2. The fourth-order valence-electron chi connectivity index (χ4n) is 15.3. The van der Waals surface area contributed by atoms with Crippen LogP contribution in [-0.4, -0.2) is 22.2 Å². The maximum absolute atomic E-state index is 13.2. The van der Waals surface area contributed by atoms with Gasteiger partial charge in [-0.25, -0.2) is 9.59 Å². The van der Waals surface area contributed by atoms with Crippen molar-refractivity contribution in [2.24, 2.45) is 21.7 Å². The normalized spacial score (nSPS) is 13.4. The van der Waals surface area contributed by atoms with E-state index in [9.17, 15) is 19.8 Å². The lowest BCUT2D eigenvalue weighted by molar-refractivity contribution is 0.0695. The molecule has 440 valence electrons. The third-order valence-electron chi connectivity index (χ3n) is 17.3. The Labute approximate surface area is 502 Å². The Hall–Kier alpha value is -7.18. The molecule has 0 atom stereocenters. The van der Waals surface area contributed by atoms with Crippen molar-refractivity contribution in [1.29, 1.82) is 0 Å². The minimum atomic E-state index is -1.17. The van der Waals surface area contributed by atoms with Crippen molar-refractivity contribution in [2.45, 2.75) is 186 Å². The van der Waals surface area contributed by atoms with Crippen LogP contribution in [-0.2, 0) is 21.7 Å². The minimum Gasteiger partial charge on any atom is -0.478 e. The average molecular weight is 1120 g/mol. The van der Waals surface area contributed by atoms with E-state index in [4.69, 9.17) is 0 Å². The maximum atomic E-state index is 13.2. The molecule has 9 aromatic rings. The molecule has 0 heterocycles. The molecule has 0 saturated carbocycles. The summed E-state index contributed by atoms with van der Waals surface area (Å²) in [6, 6.07) is 52.5. The molecule has 84 heavy (non-hydrogen) atoms. The highest BCUT2D eigenvalue weighted by Crippen LogP contribution is 2.52. The second kappa shape index (κ2) is 21.4. The predicted molar refractivity (Wildman–Crippen MR) is 359 cm³/mol. The first-order valence-corrected chi connectivity index (χ1v) is 30.4. The van der Waals surface area contributed by atoms with Crippen LogP contribution in [0.25, 0.3) is 43.1 Å². The summed E-state index contributed by atoms with van der Waals surface area (Å²) in [6.07, 6.45) is 4.07. The van der Waals surface area contributed by atoms with E-state index in [1.807, 2.05) is 12.1 Å². The molecule has 0 bridgehead atoms. The van der Waals surface area contributed by atoms with Crippen molar-refractivity contribution >= 4 is 89.2 Å². The molecule has 0 fully saturated rings. The van der Waals surface area contributed by atoms with Gasteiger partial charge in [-0.15, -0.1) is 0 Å². The highest BCUT2D eigenvalue weighted by molar-refractivity contribution is 6.37. The Morgan fingerprint density at radius 3 is 0.881 bits per heavy atom. The topological polar surface area (TPSA) is 81.1 Å². The van der Waals surface area contributed by atoms with Crippen molar-refractivity contribution in [1.82, 2.24) is 0 Å². The summed E-state index contributed by atoms with van der Waals surface area (Å²) in [5.41, 5.74) is 11.1. The summed E-state index contributed by atoms with van der Waals surface area (Å²) in [4.78, 5) is 31.1. The highest BCUT2D eigenvalue weighted by atomic mass is 16.4. The van der Waals surface area contributed by atoms with Crippen LogP contribution in [0.1, 0.15) is 207 Å². The van der Waals surface area contributed by atoms with E-state index in [-0.39, 0.29) is 59.8 Å². The lowest BCUT2D eigenvalue weighted by Crippen LogP contribution is -2.25. The summed E-state index contributed by atoms with van der Waals surface area (Å²) in [5, 5.41) is 27.7. The number of carbonyl (C=O) groups is 2. The number of hydrogen-bond acceptors (Lipinski definition) is 4. The van der Waals surface area contributed by atoms with Crippen molar-refractivity contribution in [2.75, 3.05) is 9.80 Å². The number of rotatable bonds is 16. The van der Waals surface area contributed by atoms with Crippen molar-refractivity contribution in [3.63, 3.8) is 0 Å². The summed E-state index contributed by atoms with van der Waals surface area (Å²) in [5.74, 6) is -2.35. The molecule has 6 nitrogen and oxygen atoms in total. The van der Waals surface area contributed by atoms with Crippen LogP contribution in [0.2, 0.25) is 0 Å². The monoisotopic (exact) mass is 1120 g/mol. The molecule has 0 aromatic heterocycles. The molecule has 0 unspecified atom stereocenters. The van der Waals surface area contributed by atoms with E-state index in [0.29, 0.717) is 5.39 Å². The van der Waals surface area contributed by atoms with E-state index >= 15 is 0 Å². The van der Waals surface area contributed by atoms with Gasteiger partial charge in [-0.3, -0.25) is 0 Å². The number of anilines is 6. The van der Waals surface area contributed by atoms with Gasteiger partial charge in [-0.05, 0) is 202 Å².